The van der Waals surface area contributed by atoms with Crippen LogP contribution in [0.2, 0.25) is 5.02 Å². The molecule has 0 aliphatic carbocycles. The highest BCUT2D eigenvalue weighted by Crippen LogP contribution is 2.37. The second-order valence-electron chi connectivity index (χ2n) is 5.86. The van der Waals surface area contributed by atoms with Crippen molar-refractivity contribution in [3.63, 3.8) is 0 Å². The number of aryl methyl sites for hydroxylation is 1. The van der Waals surface area contributed by atoms with Crippen LogP contribution in [-0.4, -0.2) is 24.4 Å². The average Bonchev–Trinajstić information content (AvgIpc) is 2.62. The number of nitrogens with zero attached hydrogens (tertiary/aromatic N) is 2. The molecule has 7 heteroatoms. The summed E-state index contributed by atoms with van der Waals surface area (Å²) in [5.41, 5.74) is 2.13. The second kappa shape index (κ2) is 8.67. The third kappa shape index (κ3) is 4.73. The van der Waals surface area contributed by atoms with Crippen molar-refractivity contribution >= 4 is 29.2 Å². The number of benzene rings is 2. The Labute approximate surface area is 157 Å². The van der Waals surface area contributed by atoms with E-state index in [-0.39, 0.29) is 11.8 Å². The fraction of sp³-hybridized carbons (Fsp3) is 0.316. The number of non-ortho nitro benzene ring substituents is 1. The van der Waals surface area contributed by atoms with E-state index in [9.17, 15) is 10.1 Å². The fourth-order valence-corrected chi connectivity index (χ4v) is 2.52. The largest absolute Gasteiger partial charge is 0.493 e. The van der Waals surface area contributed by atoms with Gasteiger partial charge in [-0.25, -0.2) is 0 Å². The molecule has 0 saturated carbocycles. The molecule has 26 heavy (non-hydrogen) atoms. The van der Waals surface area contributed by atoms with Crippen molar-refractivity contribution in [3.05, 3.63) is 56.6 Å². The molecular weight excluding hydrogens is 356 g/mol. The standard InChI is InChI=1S/C19H21ClN2O4/c1-5-13(3)26-19-16(20)9-14(10-18(19)25-4)11-21-17-7-6-15(22(23)24)8-12(17)2/h6-11,13H,5H2,1-4H3/t13-/m0/s1. The van der Waals surface area contributed by atoms with E-state index in [1.165, 1.54) is 12.1 Å². The highest BCUT2D eigenvalue weighted by Gasteiger charge is 2.14. The molecule has 0 bridgehead atoms. The van der Waals surface area contributed by atoms with E-state index >= 15 is 0 Å². The van der Waals surface area contributed by atoms with Crippen LogP contribution in [0.3, 0.4) is 0 Å². The Morgan fingerprint density at radius 1 is 1.35 bits per heavy atom. The van der Waals surface area contributed by atoms with Gasteiger partial charge in [0.25, 0.3) is 5.69 Å². The number of halogens is 1. The van der Waals surface area contributed by atoms with Gasteiger partial charge in [-0.15, -0.1) is 0 Å². The molecule has 2 aromatic rings. The van der Waals surface area contributed by atoms with Gasteiger partial charge in [-0.3, -0.25) is 15.1 Å². The van der Waals surface area contributed by atoms with Crippen molar-refractivity contribution in [2.75, 3.05) is 7.11 Å². The maximum Gasteiger partial charge on any atom is 0.269 e. The van der Waals surface area contributed by atoms with E-state index < -0.39 is 4.92 Å². The smallest absolute Gasteiger partial charge is 0.269 e. The summed E-state index contributed by atoms with van der Waals surface area (Å²) in [6, 6.07) is 8.06. The van der Waals surface area contributed by atoms with Gasteiger partial charge in [-0.05, 0) is 49.6 Å². The lowest BCUT2D eigenvalue weighted by molar-refractivity contribution is -0.384. The molecule has 2 rings (SSSR count). The summed E-state index contributed by atoms with van der Waals surface area (Å²) < 4.78 is 11.2. The number of hydrogen-bond acceptors (Lipinski definition) is 5. The van der Waals surface area contributed by atoms with Crippen LogP contribution >= 0.6 is 11.6 Å². The molecular formula is C19H21ClN2O4. The summed E-state index contributed by atoms with van der Waals surface area (Å²) in [7, 11) is 1.55. The molecule has 2 aromatic carbocycles. The van der Waals surface area contributed by atoms with Gasteiger partial charge in [0, 0.05) is 18.3 Å². The molecule has 0 heterocycles. The summed E-state index contributed by atoms with van der Waals surface area (Å²) in [6.07, 6.45) is 2.50. The second-order valence-corrected chi connectivity index (χ2v) is 6.26. The van der Waals surface area contributed by atoms with Crippen molar-refractivity contribution in [1.82, 2.24) is 0 Å². The van der Waals surface area contributed by atoms with E-state index in [4.69, 9.17) is 21.1 Å². The minimum absolute atomic E-state index is 0.0173. The predicted molar refractivity (Wildman–Crippen MR) is 103 cm³/mol. The molecule has 0 spiro atoms. The number of rotatable bonds is 7. The van der Waals surface area contributed by atoms with Gasteiger partial charge in [-0.2, -0.15) is 0 Å². The monoisotopic (exact) mass is 376 g/mol. The fourth-order valence-electron chi connectivity index (χ4n) is 2.26. The first-order valence-corrected chi connectivity index (χ1v) is 8.56. The molecule has 0 aliphatic heterocycles. The van der Waals surface area contributed by atoms with Crippen molar-refractivity contribution in [2.24, 2.45) is 4.99 Å². The van der Waals surface area contributed by atoms with E-state index in [0.717, 1.165) is 12.0 Å². The Hall–Kier alpha value is -2.60. The first-order valence-electron chi connectivity index (χ1n) is 8.19. The number of nitro groups is 1. The average molecular weight is 377 g/mol. The van der Waals surface area contributed by atoms with Gasteiger partial charge < -0.3 is 9.47 Å². The Kier molecular flexibility index (Phi) is 6.58. The SMILES string of the molecule is CC[C@H](C)Oc1c(Cl)cc(C=Nc2ccc([N+](=O)[O-])cc2C)cc1OC. The van der Waals surface area contributed by atoms with Gasteiger partial charge in [0.15, 0.2) is 11.5 Å². The maximum atomic E-state index is 10.8. The number of nitro benzene ring substituents is 1. The van der Waals surface area contributed by atoms with Crippen LogP contribution in [0.4, 0.5) is 11.4 Å². The quantitative estimate of drug-likeness (QED) is 0.363. The summed E-state index contributed by atoms with van der Waals surface area (Å²) in [6.45, 7) is 5.76. The maximum absolute atomic E-state index is 10.8. The Morgan fingerprint density at radius 3 is 2.65 bits per heavy atom. The lowest BCUT2D eigenvalue weighted by Crippen LogP contribution is -2.11. The van der Waals surface area contributed by atoms with Crippen molar-refractivity contribution < 1.29 is 14.4 Å². The predicted octanol–water partition coefficient (Wildman–Crippen LogP) is 5.49. The van der Waals surface area contributed by atoms with Gasteiger partial charge >= 0.3 is 0 Å². The van der Waals surface area contributed by atoms with Gasteiger partial charge in [-0.1, -0.05) is 18.5 Å². The van der Waals surface area contributed by atoms with Crippen LogP contribution < -0.4 is 9.47 Å². The third-order valence-electron chi connectivity index (χ3n) is 3.89. The van der Waals surface area contributed by atoms with Crippen molar-refractivity contribution in [1.29, 1.82) is 0 Å². The molecule has 0 saturated heterocycles. The summed E-state index contributed by atoms with van der Waals surface area (Å²) in [5, 5.41) is 11.2. The number of aliphatic imine (C=N–C) groups is 1. The Morgan fingerprint density at radius 2 is 2.08 bits per heavy atom. The normalized spacial score (nSPS) is 12.2. The van der Waals surface area contributed by atoms with Crippen LogP contribution in [-0.2, 0) is 0 Å². The van der Waals surface area contributed by atoms with E-state index in [1.807, 2.05) is 13.8 Å². The van der Waals surface area contributed by atoms with Gasteiger partial charge in [0.05, 0.1) is 28.8 Å². The topological polar surface area (TPSA) is 74.0 Å². The minimum Gasteiger partial charge on any atom is -0.493 e. The van der Waals surface area contributed by atoms with Crippen molar-refractivity contribution in [2.45, 2.75) is 33.3 Å². The van der Waals surface area contributed by atoms with Crippen LogP contribution in [0.25, 0.3) is 0 Å². The molecule has 0 radical (unpaired) electrons. The molecule has 0 aromatic heterocycles. The van der Waals surface area contributed by atoms with Crippen LogP contribution in [0.5, 0.6) is 11.5 Å². The van der Waals surface area contributed by atoms with Crippen LogP contribution in [0.1, 0.15) is 31.4 Å². The number of ether oxygens (including phenoxy) is 2. The zero-order valence-corrected chi connectivity index (χ0v) is 15.9. The lowest BCUT2D eigenvalue weighted by Gasteiger charge is -2.17. The summed E-state index contributed by atoms with van der Waals surface area (Å²) in [4.78, 5) is 14.8. The highest BCUT2D eigenvalue weighted by molar-refractivity contribution is 6.32. The molecule has 0 amide bonds. The molecule has 138 valence electrons. The molecule has 6 nitrogen and oxygen atoms in total. The zero-order valence-electron chi connectivity index (χ0n) is 15.2. The van der Waals surface area contributed by atoms with Gasteiger partial charge in [0.2, 0.25) is 0 Å². The first-order chi connectivity index (χ1) is 12.3. The van der Waals surface area contributed by atoms with Crippen LogP contribution in [0, 0.1) is 17.0 Å². The lowest BCUT2D eigenvalue weighted by atomic mass is 10.1. The summed E-state index contributed by atoms with van der Waals surface area (Å²) in [5.74, 6) is 1.03. The first kappa shape index (κ1) is 19.7. The molecule has 0 unspecified atom stereocenters. The van der Waals surface area contributed by atoms with E-state index in [0.29, 0.717) is 27.8 Å². The third-order valence-corrected chi connectivity index (χ3v) is 4.17. The Bertz CT molecular complexity index is 837. The van der Waals surface area contributed by atoms with Crippen LogP contribution in [0.15, 0.2) is 35.3 Å². The minimum atomic E-state index is -0.429. The van der Waals surface area contributed by atoms with Gasteiger partial charge in [0.1, 0.15) is 0 Å². The molecule has 1 atom stereocenters. The van der Waals surface area contributed by atoms with Crippen molar-refractivity contribution in [3.8, 4) is 11.5 Å². The zero-order chi connectivity index (χ0) is 19.3. The Balaban J connectivity index is 2.31. The van der Waals surface area contributed by atoms with E-state index in [2.05, 4.69) is 4.99 Å². The molecule has 0 aliphatic rings. The number of methoxy groups -OCH3 is 1. The molecule has 0 fully saturated rings. The molecule has 0 N–H and O–H groups in total. The number of hydrogen-bond donors (Lipinski definition) is 0. The van der Waals surface area contributed by atoms with E-state index in [1.54, 1.807) is 38.4 Å². The summed E-state index contributed by atoms with van der Waals surface area (Å²) >= 11 is 6.34. The highest BCUT2D eigenvalue weighted by atomic mass is 35.5.